The molecule has 0 aromatic rings. The van der Waals surface area contributed by atoms with Crippen LogP contribution in [0.5, 0.6) is 0 Å². The second-order valence-corrected chi connectivity index (χ2v) is 19.8. The normalized spacial score (nSPS) is 12.4. The zero-order valence-corrected chi connectivity index (χ0v) is 43.0. The molecule has 374 valence electrons. The first kappa shape index (κ1) is 61.4. The van der Waals surface area contributed by atoms with Gasteiger partial charge in [-0.05, 0) is 25.2 Å². The van der Waals surface area contributed by atoms with Gasteiger partial charge in [0, 0.05) is 19.3 Å². The summed E-state index contributed by atoms with van der Waals surface area (Å²) in [4.78, 5) is 38.1. The lowest BCUT2D eigenvalue weighted by Crippen LogP contribution is -2.30. The molecule has 6 nitrogen and oxygen atoms in total. The zero-order chi connectivity index (χ0) is 45.9. The monoisotopic (exact) mass is 891 g/mol. The molecule has 1 unspecified atom stereocenters. The molecule has 0 spiro atoms. The third-order valence-corrected chi connectivity index (χ3v) is 13.4. The van der Waals surface area contributed by atoms with Gasteiger partial charge in [0.25, 0.3) is 0 Å². The van der Waals surface area contributed by atoms with Crippen LogP contribution in [-0.4, -0.2) is 37.2 Å². The van der Waals surface area contributed by atoms with E-state index in [4.69, 9.17) is 14.2 Å². The molecule has 0 aliphatic rings. The summed E-state index contributed by atoms with van der Waals surface area (Å²) in [5.74, 6) is 0.0591. The number of esters is 3. The highest BCUT2D eigenvalue weighted by atomic mass is 16.6. The van der Waals surface area contributed by atoms with Crippen molar-refractivity contribution in [1.82, 2.24) is 0 Å². The van der Waals surface area contributed by atoms with Crippen molar-refractivity contribution in [1.29, 1.82) is 0 Å². The van der Waals surface area contributed by atoms with E-state index < -0.39 is 6.10 Å². The van der Waals surface area contributed by atoms with E-state index in [0.717, 1.165) is 63.7 Å². The van der Waals surface area contributed by atoms with Gasteiger partial charge >= 0.3 is 17.9 Å². The van der Waals surface area contributed by atoms with Crippen LogP contribution in [0.2, 0.25) is 0 Å². The molecule has 0 rings (SSSR count). The van der Waals surface area contributed by atoms with E-state index >= 15 is 0 Å². The second kappa shape index (κ2) is 51.4. The second-order valence-electron chi connectivity index (χ2n) is 19.8. The first-order valence-corrected chi connectivity index (χ1v) is 28.4. The Balaban J connectivity index is 4.28. The fourth-order valence-corrected chi connectivity index (χ4v) is 8.72. The van der Waals surface area contributed by atoms with E-state index in [0.29, 0.717) is 19.3 Å². The highest BCUT2D eigenvalue weighted by Crippen LogP contribution is 2.18. The van der Waals surface area contributed by atoms with E-state index in [1.54, 1.807) is 0 Å². The van der Waals surface area contributed by atoms with Crippen molar-refractivity contribution in [3.05, 3.63) is 0 Å². The van der Waals surface area contributed by atoms with Gasteiger partial charge < -0.3 is 14.2 Å². The third-order valence-electron chi connectivity index (χ3n) is 13.4. The van der Waals surface area contributed by atoms with Crippen molar-refractivity contribution < 1.29 is 28.6 Å². The van der Waals surface area contributed by atoms with Gasteiger partial charge in [-0.1, -0.05) is 285 Å². The molecule has 63 heavy (non-hydrogen) atoms. The molecule has 0 saturated heterocycles. The fourth-order valence-electron chi connectivity index (χ4n) is 8.72. The lowest BCUT2D eigenvalue weighted by Gasteiger charge is -2.18. The largest absolute Gasteiger partial charge is 0.462 e. The highest BCUT2D eigenvalue weighted by Gasteiger charge is 2.19. The predicted molar refractivity (Wildman–Crippen MR) is 270 cm³/mol. The lowest BCUT2D eigenvalue weighted by atomic mass is 9.99. The molecule has 0 bridgehead atoms. The summed E-state index contributed by atoms with van der Waals surface area (Å²) >= 11 is 0. The summed E-state index contributed by atoms with van der Waals surface area (Å²) in [6, 6.07) is 0. The minimum atomic E-state index is -0.761. The Morgan fingerprint density at radius 3 is 0.825 bits per heavy atom. The van der Waals surface area contributed by atoms with Gasteiger partial charge in [0.05, 0.1) is 0 Å². The maximum absolute atomic E-state index is 12.8. The molecule has 0 radical (unpaired) electrons. The van der Waals surface area contributed by atoms with E-state index in [1.807, 2.05) is 0 Å². The lowest BCUT2D eigenvalue weighted by molar-refractivity contribution is -0.167. The minimum Gasteiger partial charge on any atom is -0.462 e. The van der Waals surface area contributed by atoms with Crippen molar-refractivity contribution in [2.45, 2.75) is 329 Å². The Kier molecular flexibility index (Phi) is 50.1. The van der Waals surface area contributed by atoms with Crippen LogP contribution in [0.4, 0.5) is 0 Å². The maximum atomic E-state index is 12.8. The van der Waals surface area contributed by atoms with Gasteiger partial charge in [0.2, 0.25) is 0 Å². The summed E-state index contributed by atoms with van der Waals surface area (Å²) in [5.41, 5.74) is 0. The Morgan fingerprint density at radius 1 is 0.317 bits per heavy atom. The quantitative estimate of drug-likeness (QED) is 0.0344. The molecule has 0 aromatic heterocycles. The maximum Gasteiger partial charge on any atom is 0.306 e. The molecule has 0 amide bonds. The van der Waals surface area contributed by atoms with E-state index in [2.05, 4.69) is 27.7 Å². The average molecular weight is 892 g/mol. The molecular weight excluding hydrogens is 781 g/mol. The summed E-state index contributed by atoms with van der Waals surface area (Å²) < 4.78 is 16.9. The number of ether oxygens (including phenoxy) is 3. The number of rotatable bonds is 52. The number of unbranched alkanes of at least 4 members (excludes halogenated alkanes) is 38. The Labute approximate surface area is 393 Å². The molecule has 0 heterocycles. The molecular formula is C57H110O6. The minimum absolute atomic E-state index is 0.0620. The van der Waals surface area contributed by atoms with Crippen LogP contribution in [0.25, 0.3) is 0 Å². The summed E-state index contributed by atoms with van der Waals surface area (Å²) in [5, 5.41) is 0. The Bertz CT molecular complexity index is 951. The van der Waals surface area contributed by atoms with Crippen molar-refractivity contribution in [3.8, 4) is 0 Å². The topological polar surface area (TPSA) is 78.9 Å². The van der Waals surface area contributed by atoms with Crippen LogP contribution in [0.3, 0.4) is 0 Å². The van der Waals surface area contributed by atoms with Gasteiger partial charge in [0.15, 0.2) is 6.10 Å². The van der Waals surface area contributed by atoms with Crippen molar-refractivity contribution in [3.63, 3.8) is 0 Å². The molecule has 6 heteroatoms. The molecule has 0 aromatic carbocycles. The van der Waals surface area contributed by atoms with E-state index in [1.165, 1.54) is 218 Å². The van der Waals surface area contributed by atoms with Crippen LogP contribution in [-0.2, 0) is 28.6 Å². The first-order valence-electron chi connectivity index (χ1n) is 28.4. The third kappa shape index (κ3) is 49.7. The predicted octanol–water partition coefficient (Wildman–Crippen LogP) is 18.6. The molecule has 2 atom stereocenters. The molecule has 0 fully saturated rings. The molecule has 0 aliphatic carbocycles. The van der Waals surface area contributed by atoms with Crippen LogP contribution in [0.1, 0.15) is 323 Å². The van der Waals surface area contributed by atoms with Crippen molar-refractivity contribution >= 4 is 17.9 Å². The number of hydrogen-bond donors (Lipinski definition) is 0. The van der Waals surface area contributed by atoms with Crippen LogP contribution < -0.4 is 0 Å². The summed E-state index contributed by atoms with van der Waals surface area (Å²) in [6.45, 7) is 9.09. The first-order chi connectivity index (χ1) is 30.9. The van der Waals surface area contributed by atoms with Gasteiger partial charge in [-0.3, -0.25) is 14.4 Å². The van der Waals surface area contributed by atoms with Gasteiger partial charge in [-0.25, -0.2) is 0 Å². The van der Waals surface area contributed by atoms with Crippen molar-refractivity contribution in [2.75, 3.05) is 13.2 Å². The molecule has 0 N–H and O–H groups in total. The average Bonchev–Trinajstić information content (AvgIpc) is 3.28. The van der Waals surface area contributed by atoms with Gasteiger partial charge in [0.1, 0.15) is 13.2 Å². The fraction of sp³-hybridized carbons (Fsp3) is 0.947. The summed E-state index contributed by atoms with van der Waals surface area (Å²) in [7, 11) is 0. The van der Waals surface area contributed by atoms with E-state index in [9.17, 15) is 14.4 Å². The number of carbonyl (C=O) groups is 3. The van der Waals surface area contributed by atoms with Crippen molar-refractivity contribution in [2.24, 2.45) is 5.92 Å². The smallest absolute Gasteiger partial charge is 0.306 e. The Morgan fingerprint density at radius 2 is 0.556 bits per heavy atom. The highest BCUT2D eigenvalue weighted by molar-refractivity contribution is 5.71. The Hall–Kier alpha value is -1.59. The van der Waals surface area contributed by atoms with E-state index in [-0.39, 0.29) is 31.1 Å². The number of hydrogen-bond acceptors (Lipinski definition) is 6. The zero-order valence-electron chi connectivity index (χ0n) is 43.0. The van der Waals surface area contributed by atoms with Crippen LogP contribution >= 0.6 is 0 Å². The number of carbonyl (C=O) groups excluding carboxylic acids is 3. The standard InChI is InChI=1S/C57H110O6/c1-5-8-10-12-14-16-18-20-21-26-30-34-38-42-46-50-57(60)63-54(51-61-55(58)48-44-40-36-32-28-19-17-15-13-11-9-6-2)52-62-56(59)49-45-41-37-33-29-25-23-22-24-27-31-35-39-43-47-53(4)7-3/h53-54H,5-52H2,1-4H3/t53?,54-/m1/s1. The van der Waals surface area contributed by atoms with Crippen LogP contribution in [0.15, 0.2) is 0 Å². The van der Waals surface area contributed by atoms with Gasteiger partial charge in [-0.2, -0.15) is 0 Å². The SMILES string of the molecule is CCCCCCCCCCCCCCCCCC(=O)O[C@H](COC(=O)CCCCCCCCCCCCCC)COC(=O)CCCCCCCCCCCCCCCCC(C)CC. The van der Waals surface area contributed by atoms with Crippen LogP contribution in [0, 0.1) is 5.92 Å². The molecule has 0 aliphatic heterocycles. The van der Waals surface area contributed by atoms with Gasteiger partial charge in [-0.15, -0.1) is 0 Å². The molecule has 0 saturated carbocycles. The summed E-state index contributed by atoms with van der Waals surface area (Å²) in [6.07, 6.45) is 55.1.